The summed E-state index contributed by atoms with van der Waals surface area (Å²) in [7, 11) is 0. The van der Waals surface area contributed by atoms with E-state index in [2.05, 4.69) is 4.99 Å². The Morgan fingerprint density at radius 3 is 2.57 bits per heavy atom. The maximum Gasteiger partial charge on any atom is 0.363 e. The van der Waals surface area contributed by atoms with E-state index in [1.807, 2.05) is 6.92 Å². The number of rotatable bonds is 8. The summed E-state index contributed by atoms with van der Waals surface area (Å²) >= 11 is 0. The van der Waals surface area contributed by atoms with Crippen molar-refractivity contribution in [1.29, 1.82) is 0 Å². The Morgan fingerprint density at radius 1 is 1.09 bits per heavy atom. The topological polar surface area (TPSA) is 100 Å². The molecule has 0 atom stereocenters. The molecule has 9 heteroatoms. The van der Waals surface area contributed by atoms with Crippen molar-refractivity contribution in [3.05, 3.63) is 105 Å². The van der Waals surface area contributed by atoms with Crippen LogP contribution in [-0.4, -0.2) is 23.4 Å². The average Bonchev–Trinajstić information content (AvgIpc) is 3.19. The largest absolute Gasteiger partial charge is 0.490 e. The molecular weight excluding hydrogens is 455 g/mol. The first-order chi connectivity index (χ1) is 16.9. The Labute approximate surface area is 200 Å². The number of nitro groups is 1. The Bertz CT molecular complexity index is 1350. The number of esters is 1. The monoisotopic (exact) mass is 476 g/mol. The number of ether oxygens (including phenoxy) is 3. The normalized spacial score (nSPS) is 14.0. The van der Waals surface area contributed by atoms with Crippen molar-refractivity contribution < 1.29 is 28.3 Å². The van der Waals surface area contributed by atoms with E-state index in [4.69, 9.17) is 14.2 Å². The fourth-order valence-electron chi connectivity index (χ4n) is 3.48. The molecule has 0 saturated carbocycles. The van der Waals surface area contributed by atoms with Gasteiger partial charge in [-0.05, 0) is 61.4 Å². The quantitative estimate of drug-likeness (QED) is 0.188. The van der Waals surface area contributed by atoms with Gasteiger partial charge in [-0.3, -0.25) is 10.1 Å². The Balaban J connectivity index is 1.59. The maximum atomic E-state index is 13.1. The second-order valence-electron chi connectivity index (χ2n) is 7.60. The second-order valence-corrected chi connectivity index (χ2v) is 7.60. The number of cyclic esters (lactones) is 1. The van der Waals surface area contributed by atoms with Crippen molar-refractivity contribution in [3.8, 4) is 11.5 Å². The molecule has 1 aliphatic rings. The lowest BCUT2D eigenvalue weighted by Gasteiger charge is -2.13. The SMILES string of the molecule is CCOc1cc(/C=C2\N=C(c3cccc([N+](=O)[O-])c3C)OC2=O)ccc1OCc1ccc(F)cc1. The number of hydrogen-bond acceptors (Lipinski definition) is 7. The summed E-state index contributed by atoms with van der Waals surface area (Å²) < 4.78 is 29.9. The van der Waals surface area contributed by atoms with Crippen molar-refractivity contribution in [2.24, 2.45) is 4.99 Å². The molecule has 178 valence electrons. The lowest BCUT2D eigenvalue weighted by molar-refractivity contribution is -0.385. The highest BCUT2D eigenvalue weighted by atomic mass is 19.1. The molecule has 0 amide bonds. The van der Waals surface area contributed by atoms with Crippen molar-refractivity contribution in [2.45, 2.75) is 20.5 Å². The standard InChI is InChI=1S/C26H21FN2O6/c1-3-33-24-14-18(9-12-23(24)34-15-17-7-10-19(27)11-8-17)13-21-26(30)35-25(28-21)20-5-4-6-22(16(20)2)29(31)32/h4-14H,3,15H2,1-2H3/b21-13-. The summed E-state index contributed by atoms with van der Waals surface area (Å²) in [5, 5.41) is 11.2. The van der Waals surface area contributed by atoms with E-state index in [9.17, 15) is 19.3 Å². The van der Waals surface area contributed by atoms with Crippen LogP contribution in [0.4, 0.5) is 10.1 Å². The third-order valence-corrected chi connectivity index (χ3v) is 5.23. The summed E-state index contributed by atoms with van der Waals surface area (Å²) in [6.07, 6.45) is 1.54. The van der Waals surface area contributed by atoms with Crippen LogP contribution in [0.15, 0.2) is 71.4 Å². The molecule has 3 aromatic carbocycles. The van der Waals surface area contributed by atoms with Crippen molar-refractivity contribution in [1.82, 2.24) is 0 Å². The Morgan fingerprint density at radius 2 is 1.86 bits per heavy atom. The summed E-state index contributed by atoms with van der Waals surface area (Å²) in [6.45, 7) is 4.03. The fraction of sp³-hybridized carbons (Fsp3) is 0.154. The Hall–Kier alpha value is -4.53. The van der Waals surface area contributed by atoms with Gasteiger partial charge < -0.3 is 14.2 Å². The molecule has 1 aliphatic heterocycles. The zero-order valence-corrected chi connectivity index (χ0v) is 19.0. The minimum atomic E-state index is -0.666. The van der Waals surface area contributed by atoms with Gasteiger partial charge in [0.15, 0.2) is 17.2 Å². The summed E-state index contributed by atoms with van der Waals surface area (Å²) in [5.41, 5.74) is 2.11. The lowest BCUT2D eigenvalue weighted by Crippen LogP contribution is -2.08. The van der Waals surface area contributed by atoms with Crippen molar-refractivity contribution >= 4 is 23.6 Å². The molecular formula is C26H21FN2O6. The highest BCUT2D eigenvalue weighted by molar-refractivity contribution is 6.13. The molecule has 0 radical (unpaired) electrons. The molecule has 0 aromatic heterocycles. The van der Waals surface area contributed by atoms with Crippen LogP contribution < -0.4 is 9.47 Å². The maximum absolute atomic E-state index is 13.1. The zero-order chi connectivity index (χ0) is 24.9. The van der Waals surface area contributed by atoms with Crippen LogP contribution in [0.3, 0.4) is 0 Å². The third-order valence-electron chi connectivity index (χ3n) is 5.23. The number of aliphatic imine (C=N–C) groups is 1. The van der Waals surface area contributed by atoms with Gasteiger partial charge in [0.2, 0.25) is 5.90 Å². The molecule has 0 spiro atoms. The molecule has 0 fully saturated rings. The molecule has 3 aromatic rings. The lowest BCUT2D eigenvalue weighted by atomic mass is 10.1. The van der Waals surface area contributed by atoms with Gasteiger partial charge in [0.25, 0.3) is 5.69 Å². The van der Waals surface area contributed by atoms with E-state index in [0.29, 0.717) is 34.8 Å². The van der Waals surface area contributed by atoms with E-state index < -0.39 is 10.9 Å². The summed E-state index contributed by atoms with van der Waals surface area (Å²) in [4.78, 5) is 27.4. The number of carbonyl (C=O) groups is 1. The number of halogens is 1. The van der Waals surface area contributed by atoms with Crippen molar-refractivity contribution in [2.75, 3.05) is 6.61 Å². The molecule has 4 rings (SSSR count). The molecule has 0 aliphatic carbocycles. The predicted molar refractivity (Wildman–Crippen MR) is 127 cm³/mol. The third kappa shape index (κ3) is 5.35. The van der Waals surface area contributed by atoms with E-state index >= 15 is 0 Å². The first-order valence-corrected chi connectivity index (χ1v) is 10.8. The van der Waals surface area contributed by atoms with E-state index in [-0.39, 0.29) is 29.7 Å². The van der Waals surface area contributed by atoms with Crippen LogP contribution in [-0.2, 0) is 16.1 Å². The molecule has 0 bridgehead atoms. The predicted octanol–water partition coefficient (Wildman–Crippen LogP) is 5.36. The van der Waals surface area contributed by atoms with Crippen LogP contribution in [0.25, 0.3) is 6.08 Å². The second kappa shape index (κ2) is 10.2. The van der Waals surface area contributed by atoms with E-state index in [0.717, 1.165) is 5.56 Å². The fourth-order valence-corrected chi connectivity index (χ4v) is 3.48. The summed E-state index contributed by atoms with van der Waals surface area (Å²) in [6, 6.07) is 15.6. The number of benzene rings is 3. The average molecular weight is 476 g/mol. The molecule has 0 N–H and O–H groups in total. The minimum Gasteiger partial charge on any atom is -0.490 e. The number of carbonyl (C=O) groups excluding carboxylic acids is 1. The smallest absolute Gasteiger partial charge is 0.363 e. The van der Waals surface area contributed by atoms with Gasteiger partial charge in [-0.15, -0.1) is 0 Å². The summed E-state index contributed by atoms with van der Waals surface area (Å²) in [5.74, 6) is -0.0249. The minimum absolute atomic E-state index is 0.00623. The molecule has 0 saturated heterocycles. The van der Waals surface area contributed by atoms with Gasteiger partial charge in [-0.25, -0.2) is 14.2 Å². The number of hydrogen-bond donors (Lipinski definition) is 0. The van der Waals surface area contributed by atoms with Crippen molar-refractivity contribution in [3.63, 3.8) is 0 Å². The van der Waals surface area contributed by atoms with Crippen LogP contribution in [0.5, 0.6) is 11.5 Å². The first kappa shape index (κ1) is 23.6. The van der Waals surface area contributed by atoms with Crippen LogP contribution in [0.2, 0.25) is 0 Å². The highest BCUT2D eigenvalue weighted by Crippen LogP contribution is 2.31. The van der Waals surface area contributed by atoms with Crippen LogP contribution in [0.1, 0.15) is 29.2 Å². The highest BCUT2D eigenvalue weighted by Gasteiger charge is 2.27. The number of nitro benzene ring substituents is 1. The van der Waals surface area contributed by atoms with Crippen LogP contribution >= 0.6 is 0 Å². The van der Waals surface area contributed by atoms with Gasteiger partial charge in [0.05, 0.1) is 11.5 Å². The molecule has 8 nitrogen and oxygen atoms in total. The molecule has 1 heterocycles. The molecule has 0 unspecified atom stereocenters. The van der Waals surface area contributed by atoms with Gasteiger partial charge >= 0.3 is 5.97 Å². The van der Waals surface area contributed by atoms with Crippen LogP contribution in [0, 0.1) is 22.9 Å². The Kier molecular flexibility index (Phi) is 6.86. The molecule has 35 heavy (non-hydrogen) atoms. The van der Waals surface area contributed by atoms with E-state index in [1.165, 1.54) is 30.3 Å². The van der Waals surface area contributed by atoms with Gasteiger partial charge in [0.1, 0.15) is 12.4 Å². The van der Waals surface area contributed by atoms with Gasteiger partial charge in [-0.2, -0.15) is 0 Å². The first-order valence-electron chi connectivity index (χ1n) is 10.8. The van der Waals surface area contributed by atoms with E-state index in [1.54, 1.807) is 43.3 Å². The number of nitrogens with zero attached hydrogens (tertiary/aromatic N) is 2. The van der Waals surface area contributed by atoms with Gasteiger partial charge in [0, 0.05) is 17.2 Å². The van der Waals surface area contributed by atoms with Gasteiger partial charge in [-0.1, -0.05) is 24.3 Å². The zero-order valence-electron chi connectivity index (χ0n) is 19.0.